The highest BCUT2D eigenvalue weighted by Gasteiger charge is 2.32. The van der Waals surface area contributed by atoms with Gasteiger partial charge in [-0.05, 0) is 68.7 Å². The molecule has 0 spiro atoms. The minimum absolute atomic E-state index is 0.0157. The average Bonchev–Trinajstić information content (AvgIpc) is 3.05. The van der Waals surface area contributed by atoms with Gasteiger partial charge in [0.25, 0.3) is 15.9 Å². The molecule has 5 nitrogen and oxygen atoms in total. The van der Waals surface area contributed by atoms with E-state index in [-0.39, 0.29) is 16.8 Å². The Bertz CT molecular complexity index is 1220. The summed E-state index contributed by atoms with van der Waals surface area (Å²) in [6.07, 6.45) is 0.786. The molecule has 1 heterocycles. The second-order valence-electron chi connectivity index (χ2n) is 7.81. The first-order chi connectivity index (χ1) is 14.3. The Balaban J connectivity index is 1.68. The van der Waals surface area contributed by atoms with Crippen molar-refractivity contribution in [2.24, 2.45) is 0 Å². The van der Waals surface area contributed by atoms with Crippen molar-refractivity contribution in [3.05, 3.63) is 89.0 Å². The van der Waals surface area contributed by atoms with Crippen LogP contribution in [0.3, 0.4) is 0 Å². The average molecular weight is 421 g/mol. The van der Waals surface area contributed by atoms with Crippen LogP contribution in [0.4, 0.5) is 11.4 Å². The fraction of sp³-hybridized carbons (Fsp3) is 0.208. The van der Waals surface area contributed by atoms with Gasteiger partial charge in [-0.2, -0.15) is 0 Å². The van der Waals surface area contributed by atoms with Crippen molar-refractivity contribution in [1.29, 1.82) is 0 Å². The van der Waals surface area contributed by atoms with Crippen LogP contribution >= 0.6 is 0 Å². The summed E-state index contributed by atoms with van der Waals surface area (Å²) in [5.41, 5.74) is 4.48. The highest BCUT2D eigenvalue weighted by molar-refractivity contribution is 7.92. The highest BCUT2D eigenvalue weighted by atomic mass is 32.2. The van der Waals surface area contributed by atoms with E-state index in [9.17, 15) is 13.2 Å². The number of rotatable bonds is 4. The minimum Gasteiger partial charge on any atom is -0.305 e. The number of aryl methyl sites for hydroxylation is 2. The van der Waals surface area contributed by atoms with Gasteiger partial charge in [-0.3, -0.25) is 9.52 Å². The zero-order valence-corrected chi connectivity index (χ0v) is 18.0. The number of carbonyl (C=O) groups is 1. The van der Waals surface area contributed by atoms with Gasteiger partial charge in [0.05, 0.1) is 4.90 Å². The SMILES string of the molecule is Cc1ccc(NS(=O)(=O)c2cc(C(=O)N3c4ccccc4C[C@H]3C)ccc2C)cc1. The molecule has 0 fully saturated rings. The van der Waals surface area contributed by atoms with Crippen molar-refractivity contribution in [3.63, 3.8) is 0 Å². The van der Waals surface area contributed by atoms with Crippen LogP contribution in [0.5, 0.6) is 0 Å². The van der Waals surface area contributed by atoms with Crippen molar-refractivity contribution >= 4 is 27.3 Å². The van der Waals surface area contributed by atoms with E-state index in [1.54, 1.807) is 36.1 Å². The van der Waals surface area contributed by atoms with Crippen LogP contribution < -0.4 is 9.62 Å². The zero-order chi connectivity index (χ0) is 21.5. The van der Waals surface area contributed by atoms with Crippen molar-refractivity contribution in [2.75, 3.05) is 9.62 Å². The van der Waals surface area contributed by atoms with Crippen molar-refractivity contribution in [2.45, 2.75) is 38.1 Å². The van der Waals surface area contributed by atoms with Crippen molar-refractivity contribution in [1.82, 2.24) is 0 Å². The van der Waals surface area contributed by atoms with Gasteiger partial charge >= 0.3 is 0 Å². The number of fused-ring (bicyclic) bond motifs is 1. The molecule has 1 atom stereocenters. The number of benzene rings is 3. The predicted octanol–water partition coefficient (Wildman–Crippen LogP) is 4.70. The molecular weight excluding hydrogens is 396 g/mol. The number of nitrogens with one attached hydrogen (secondary N) is 1. The van der Waals surface area contributed by atoms with Crippen LogP contribution in [-0.2, 0) is 16.4 Å². The molecule has 0 aliphatic carbocycles. The first-order valence-corrected chi connectivity index (χ1v) is 11.4. The lowest BCUT2D eigenvalue weighted by atomic mass is 10.1. The maximum Gasteiger partial charge on any atom is 0.262 e. The maximum absolute atomic E-state index is 13.3. The fourth-order valence-corrected chi connectivity index (χ4v) is 5.20. The van der Waals surface area contributed by atoms with E-state index < -0.39 is 10.0 Å². The quantitative estimate of drug-likeness (QED) is 0.666. The Morgan fingerprint density at radius 3 is 2.43 bits per heavy atom. The standard InChI is InChI=1S/C24H24N2O3S/c1-16-8-12-21(13-9-16)25-30(28,29)23-15-20(11-10-17(23)2)24(27)26-18(3)14-19-6-4-5-7-22(19)26/h4-13,15,18,25H,14H2,1-3H3/t18-/m1/s1. The van der Waals surface area contributed by atoms with Gasteiger partial charge in [0.1, 0.15) is 0 Å². The number of hydrogen-bond acceptors (Lipinski definition) is 3. The first-order valence-electron chi connectivity index (χ1n) is 9.88. The second kappa shape index (κ2) is 7.61. The molecule has 154 valence electrons. The molecule has 1 aliphatic heterocycles. The lowest BCUT2D eigenvalue weighted by Gasteiger charge is -2.23. The molecular formula is C24H24N2O3S. The van der Waals surface area contributed by atoms with E-state index in [0.717, 1.165) is 23.2 Å². The molecule has 0 saturated heterocycles. The smallest absolute Gasteiger partial charge is 0.262 e. The van der Waals surface area contributed by atoms with E-state index in [0.29, 0.717) is 16.8 Å². The highest BCUT2D eigenvalue weighted by Crippen LogP contribution is 2.33. The van der Waals surface area contributed by atoms with Crippen LogP contribution in [0, 0.1) is 13.8 Å². The Labute approximate surface area is 177 Å². The van der Waals surface area contributed by atoms with E-state index in [2.05, 4.69) is 4.72 Å². The summed E-state index contributed by atoms with van der Waals surface area (Å²) in [4.78, 5) is 15.2. The van der Waals surface area contributed by atoms with Gasteiger partial charge < -0.3 is 4.90 Å². The first kappa shape index (κ1) is 20.2. The van der Waals surface area contributed by atoms with Crippen LogP contribution in [0.25, 0.3) is 0 Å². The summed E-state index contributed by atoms with van der Waals surface area (Å²) < 4.78 is 28.7. The van der Waals surface area contributed by atoms with E-state index in [1.807, 2.05) is 50.2 Å². The summed E-state index contributed by atoms with van der Waals surface area (Å²) >= 11 is 0. The molecule has 30 heavy (non-hydrogen) atoms. The molecule has 1 aliphatic rings. The fourth-order valence-electron chi connectivity index (χ4n) is 3.87. The van der Waals surface area contributed by atoms with Gasteiger partial charge in [0, 0.05) is 23.0 Å². The Morgan fingerprint density at radius 1 is 1.00 bits per heavy atom. The van der Waals surface area contributed by atoms with Crippen LogP contribution in [0.2, 0.25) is 0 Å². The van der Waals surface area contributed by atoms with Crippen molar-refractivity contribution < 1.29 is 13.2 Å². The third-order valence-corrected chi connectivity index (χ3v) is 6.98. The number of sulfonamides is 1. The van der Waals surface area contributed by atoms with Crippen LogP contribution in [0.1, 0.15) is 34.0 Å². The number of anilines is 2. The Hall–Kier alpha value is -3.12. The second-order valence-corrected chi connectivity index (χ2v) is 9.46. The Morgan fingerprint density at radius 2 is 1.70 bits per heavy atom. The maximum atomic E-state index is 13.3. The number of nitrogens with zero attached hydrogens (tertiary/aromatic N) is 1. The normalized spacial score (nSPS) is 15.7. The topological polar surface area (TPSA) is 66.5 Å². The van der Waals surface area contributed by atoms with E-state index in [1.165, 1.54) is 6.07 Å². The largest absolute Gasteiger partial charge is 0.305 e. The monoisotopic (exact) mass is 420 g/mol. The Kier molecular flexibility index (Phi) is 5.12. The molecule has 3 aromatic carbocycles. The molecule has 0 aromatic heterocycles. The molecule has 1 N–H and O–H groups in total. The van der Waals surface area contributed by atoms with Gasteiger partial charge in [0.2, 0.25) is 0 Å². The molecule has 1 amide bonds. The van der Waals surface area contributed by atoms with Crippen molar-refractivity contribution in [3.8, 4) is 0 Å². The zero-order valence-electron chi connectivity index (χ0n) is 17.2. The third kappa shape index (κ3) is 3.71. The number of amides is 1. The van der Waals surface area contributed by atoms with Gasteiger partial charge in [-0.25, -0.2) is 8.42 Å². The molecule has 0 radical (unpaired) electrons. The van der Waals surface area contributed by atoms with E-state index in [4.69, 9.17) is 0 Å². The summed E-state index contributed by atoms with van der Waals surface area (Å²) in [5.74, 6) is -0.195. The molecule has 3 aromatic rings. The van der Waals surface area contributed by atoms with Gasteiger partial charge in [-0.15, -0.1) is 0 Å². The molecule has 4 rings (SSSR count). The summed E-state index contributed by atoms with van der Waals surface area (Å²) in [7, 11) is -3.83. The lowest BCUT2D eigenvalue weighted by molar-refractivity contribution is 0.0981. The number of carbonyl (C=O) groups excluding carboxylic acids is 1. The molecule has 0 unspecified atom stereocenters. The molecule has 6 heteroatoms. The van der Waals surface area contributed by atoms with Gasteiger partial charge in [-0.1, -0.05) is 42.0 Å². The lowest BCUT2D eigenvalue weighted by Crippen LogP contribution is -2.35. The predicted molar refractivity (Wildman–Crippen MR) is 120 cm³/mol. The molecule has 0 saturated carbocycles. The summed E-state index contributed by atoms with van der Waals surface area (Å²) in [5, 5.41) is 0. The third-order valence-electron chi connectivity index (χ3n) is 5.45. The number of para-hydroxylation sites is 1. The van der Waals surface area contributed by atoms with Crippen LogP contribution in [-0.4, -0.2) is 20.4 Å². The summed E-state index contributed by atoms with van der Waals surface area (Å²) in [6, 6.07) is 19.8. The number of hydrogen-bond donors (Lipinski definition) is 1. The minimum atomic E-state index is -3.83. The van der Waals surface area contributed by atoms with E-state index >= 15 is 0 Å². The summed E-state index contributed by atoms with van der Waals surface area (Å²) in [6.45, 7) is 5.67. The molecule has 0 bridgehead atoms. The van der Waals surface area contributed by atoms with Crippen LogP contribution in [0.15, 0.2) is 71.6 Å². The van der Waals surface area contributed by atoms with Gasteiger partial charge in [0.15, 0.2) is 0 Å².